The van der Waals surface area contributed by atoms with E-state index in [0.717, 1.165) is 11.5 Å². The average Bonchev–Trinajstić information content (AvgIpc) is 2.55. The predicted molar refractivity (Wildman–Crippen MR) is 92.1 cm³/mol. The maximum absolute atomic E-state index is 8.86. The summed E-state index contributed by atoms with van der Waals surface area (Å²) in [5, 5.41) is 8.86. The highest BCUT2D eigenvalue weighted by molar-refractivity contribution is 6.59. The van der Waals surface area contributed by atoms with Gasteiger partial charge in [-0.15, -0.1) is 0 Å². The van der Waals surface area contributed by atoms with Crippen molar-refractivity contribution in [2.75, 3.05) is 0 Å². The summed E-state index contributed by atoms with van der Waals surface area (Å²) in [4.78, 5) is 0. The van der Waals surface area contributed by atoms with E-state index >= 15 is 0 Å². The van der Waals surface area contributed by atoms with Gasteiger partial charge in [-0.05, 0) is 36.5 Å². The van der Waals surface area contributed by atoms with E-state index in [0.29, 0.717) is 0 Å². The Balaban J connectivity index is 1.69. The van der Waals surface area contributed by atoms with E-state index in [4.69, 9.17) is 5.26 Å². The molecular formula is C19H28NSi. The quantitative estimate of drug-likeness (QED) is 0.454. The summed E-state index contributed by atoms with van der Waals surface area (Å²) in [5.41, 5.74) is 2.24. The van der Waals surface area contributed by atoms with Crippen molar-refractivity contribution in [2.45, 2.75) is 75.9 Å². The zero-order chi connectivity index (χ0) is 14.9. The molecule has 1 aliphatic heterocycles. The second-order valence-electron chi connectivity index (χ2n) is 6.42. The first-order valence-corrected chi connectivity index (χ1v) is 10.8. The molecule has 0 aliphatic carbocycles. The van der Waals surface area contributed by atoms with Crippen LogP contribution < -0.4 is 0 Å². The largest absolute Gasteiger partial charge is 0.192 e. The number of benzene rings is 1. The van der Waals surface area contributed by atoms with Crippen LogP contribution in [0.15, 0.2) is 24.3 Å². The molecule has 0 amide bonds. The molecule has 2 heteroatoms. The third-order valence-electron chi connectivity index (χ3n) is 4.84. The van der Waals surface area contributed by atoms with Gasteiger partial charge in [-0.3, -0.25) is 0 Å². The number of nitrogens with zero attached hydrogens (tertiary/aromatic N) is 1. The van der Waals surface area contributed by atoms with Gasteiger partial charge >= 0.3 is 0 Å². The highest BCUT2D eigenvalue weighted by Gasteiger charge is 2.23. The summed E-state index contributed by atoms with van der Waals surface area (Å²) in [5.74, 6) is 0.756. The minimum absolute atomic E-state index is 0.0396. The third-order valence-corrected chi connectivity index (χ3v) is 7.89. The van der Waals surface area contributed by atoms with Crippen LogP contribution in [0.5, 0.6) is 0 Å². The highest BCUT2D eigenvalue weighted by Crippen LogP contribution is 2.35. The molecule has 1 aliphatic rings. The van der Waals surface area contributed by atoms with Gasteiger partial charge in [-0.25, -0.2) is 0 Å². The molecule has 1 aromatic carbocycles. The molecule has 0 spiro atoms. The molecule has 113 valence electrons. The van der Waals surface area contributed by atoms with Crippen LogP contribution in [0.3, 0.4) is 0 Å². The van der Waals surface area contributed by atoms with Gasteiger partial charge < -0.3 is 0 Å². The normalized spacial score (nSPS) is 16.8. The molecule has 1 radical (unpaired) electrons. The molecule has 0 atom stereocenters. The molecule has 1 aromatic rings. The van der Waals surface area contributed by atoms with Crippen molar-refractivity contribution < 1.29 is 0 Å². The number of unbranched alkanes of at least 4 members (excludes halogenated alkanes) is 4. The van der Waals surface area contributed by atoms with Crippen LogP contribution in [-0.4, -0.2) is 8.80 Å². The zero-order valence-corrected chi connectivity index (χ0v) is 14.4. The first-order chi connectivity index (χ1) is 10.3. The molecule has 2 rings (SSSR count). The highest BCUT2D eigenvalue weighted by atomic mass is 28.3. The van der Waals surface area contributed by atoms with E-state index in [1.165, 1.54) is 62.6 Å². The smallest absolute Gasteiger partial charge is 0.0991 e. The topological polar surface area (TPSA) is 23.8 Å². The Kier molecular flexibility index (Phi) is 7.02. The lowest BCUT2D eigenvalue weighted by Crippen LogP contribution is -2.20. The second kappa shape index (κ2) is 9.05. The molecule has 21 heavy (non-hydrogen) atoms. The number of hydrogen-bond donors (Lipinski definition) is 0. The molecule has 0 aromatic heterocycles. The Bertz CT molecular complexity index is 438. The molecule has 0 bridgehead atoms. The Labute approximate surface area is 132 Å². The van der Waals surface area contributed by atoms with Crippen molar-refractivity contribution in [1.29, 1.82) is 5.26 Å². The van der Waals surface area contributed by atoms with Gasteiger partial charge in [-0.1, -0.05) is 69.3 Å². The monoisotopic (exact) mass is 298 g/mol. The summed E-state index contributed by atoms with van der Waals surface area (Å²) in [6.07, 6.45) is 9.92. The predicted octanol–water partition coefficient (Wildman–Crippen LogP) is 5.90. The van der Waals surface area contributed by atoms with E-state index in [-0.39, 0.29) is 8.80 Å². The van der Waals surface area contributed by atoms with Gasteiger partial charge in [-0.2, -0.15) is 5.26 Å². The molecule has 1 fully saturated rings. The van der Waals surface area contributed by atoms with E-state index in [1.54, 1.807) is 6.04 Å². The standard InChI is InChI=1S/C19H28NSi/c1-2-3-4-5-6-13-21-14-11-19(12-15-21)18-9-7-17(16-20)8-10-18/h7-10,19H,2-6,11-15H2,1H3. The van der Waals surface area contributed by atoms with Gasteiger partial charge in [0.1, 0.15) is 0 Å². The van der Waals surface area contributed by atoms with Crippen LogP contribution in [0.2, 0.25) is 18.1 Å². The van der Waals surface area contributed by atoms with Crippen LogP contribution >= 0.6 is 0 Å². The maximum Gasteiger partial charge on any atom is 0.0991 e. The maximum atomic E-state index is 8.86. The summed E-state index contributed by atoms with van der Waals surface area (Å²) in [7, 11) is -0.0396. The Morgan fingerprint density at radius 1 is 1.05 bits per heavy atom. The van der Waals surface area contributed by atoms with E-state index in [2.05, 4.69) is 25.1 Å². The van der Waals surface area contributed by atoms with Crippen LogP contribution in [0.25, 0.3) is 0 Å². The minimum atomic E-state index is -0.0396. The van der Waals surface area contributed by atoms with Crippen LogP contribution in [0.1, 0.15) is 68.9 Å². The summed E-state index contributed by atoms with van der Waals surface area (Å²) in [6.45, 7) is 2.29. The first-order valence-electron chi connectivity index (χ1n) is 8.67. The summed E-state index contributed by atoms with van der Waals surface area (Å²) < 4.78 is 0. The van der Waals surface area contributed by atoms with Gasteiger partial charge in [0, 0.05) is 8.80 Å². The lowest BCUT2D eigenvalue weighted by molar-refractivity contribution is 0.600. The van der Waals surface area contributed by atoms with Crippen molar-refractivity contribution in [2.24, 2.45) is 0 Å². The van der Waals surface area contributed by atoms with E-state index in [9.17, 15) is 0 Å². The number of hydrogen-bond acceptors (Lipinski definition) is 1. The summed E-state index contributed by atoms with van der Waals surface area (Å²) in [6, 6.07) is 15.1. The van der Waals surface area contributed by atoms with Crippen LogP contribution in [0, 0.1) is 11.3 Å². The minimum Gasteiger partial charge on any atom is -0.192 e. The Hall–Kier alpha value is -1.07. The number of nitriles is 1. The van der Waals surface area contributed by atoms with E-state index < -0.39 is 0 Å². The molecule has 0 saturated carbocycles. The lowest BCUT2D eigenvalue weighted by atomic mass is 9.93. The van der Waals surface area contributed by atoms with Crippen LogP contribution in [0.4, 0.5) is 0 Å². The lowest BCUT2D eigenvalue weighted by Gasteiger charge is -2.27. The zero-order valence-electron chi connectivity index (χ0n) is 13.4. The SMILES string of the molecule is CCCCCCC[Si]1CCC(c2ccc(C#N)cc2)CC1. The second-order valence-corrected chi connectivity index (χ2v) is 9.42. The molecule has 1 heterocycles. The molecular weight excluding hydrogens is 270 g/mol. The number of rotatable bonds is 7. The molecule has 0 N–H and O–H groups in total. The Morgan fingerprint density at radius 3 is 2.33 bits per heavy atom. The molecule has 1 nitrogen and oxygen atoms in total. The fourth-order valence-electron chi connectivity index (χ4n) is 3.42. The average molecular weight is 299 g/mol. The summed E-state index contributed by atoms with van der Waals surface area (Å²) >= 11 is 0. The van der Waals surface area contributed by atoms with E-state index in [1.807, 2.05) is 12.1 Å². The van der Waals surface area contributed by atoms with Gasteiger partial charge in [0.15, 0.2) is 0 Å². The molecule has 1 saturated heterocycles. The van der Waals surface area contributed by atoms with Crippen LogP contribution in [-0.2, 0) is 0 Å². The molecule has 0 unspecified atom stereocenters. The van der Waals surface area contributed by atoms with Crippen molar-refractivity contribution in [1.82, 2.24) is 0 Å². The van der Waals surface area contributed by atoms with Gasteiger partial charge in [0.2, 0.25) is 0 Å². The fourth-order valence-corrected chi connectivity index (χ4v) is 6.43. The van der Waals surface area contributed by atoms with Crippen molar-refractivity contribution in [3.8, 4) is 6.07 Å². The Morgan fingerprint density at radius 2 is 1.71 bits per heavy atom. The van der Waals surface area contributed by atoms with Crippen molar-refractivity contribution in [3.63, 3.8) is 0 Å². The first kappa shape index (κ1) is 16.3. The van der Waals surface area contributed by atoms with Gasteiger partial charge in [0.05, 0.1) is 11.6 Å². The van der Waals surface area contributed by atoms with Crippen molar-refractivity contribution in [3.05, 3.63) is 35.4 Å². The van der Waals surface area contributed by atoms with Gasteiger partial charge in [0.25, 0.3) is 0 Å². The van der Waals surface area contributed by atoms with Crippen molar-refractivity contribution >= 4 is 8.80 Å². The fraction of sp³-hybridized carbons (Fsp3) is 0.632. The third kappa shape index (κ3) is 5.32.